The number of carbonyl (C=O) groups excluding carboxylic acids is 1. The number of benzene rings is 2. The number of anilines is 1. The minimum absolute atomic E-state index is 0.132. The van der Waals surface area contributed by atoms with Crippen LogP contribution in [0.3, 0.4) is 0 Å². The van der Waals surface area contributed by atoms with Crippen molar-refractivity contribution in [3.63, 3.8) is 0 Å². The van der Waals surface area contributed by atoms with Crippen LogP contribution in [0.25, 0.3) is 11.4 Å². The van der Waals surface area contributed by atoms with Crippen molar-refractivity contribution < 1.29 is 9.53 Å². The minimum Gasteiger partial charge on any atom is -0.497 e. The van der Waals surface area contributed by atoms with Crippen LogP contribution < -0.4 is 10.1 Å². The Kier molecular flexibility index (Phi) is 6.29. The van der Waals surface area contributed by atoms with Gasteiger partial charge in [0, 0.05) is 18.3 Å². The molecule has 0 aliphatic heterocycles. The maximum Gasteiger partial charge on any atom is 0.234 e. The molecule has 1 aromatic heterocycles. The van der Waals surface area contributed by atoms with E-state index in [1.165, 1.54) is 11.8 Å². The second-order valence-electron chi connectivity index (χ2n) is 5.96. The van der Waals surface area contributed by atoms with Crippen molar-refractivity contribution in [2.24, 2.45) is 7.05 Å². The molecule has 0 radical (unpaired) electrons. The van der Waals surface area contributed by atoms with Gasteiger partial charge in [-0.2, -0.15) is 5.26 Å². The molecule has 1 N–H and O–H groups in total. The number of nitrogens with zero attached hydrogens (tertiary/aromatic N) is 4. The zero-order valence-corrected chi connectivity index (χ0v) is 16.4. The summed E-state index contributed by atoms with van der Waals surface area (Å²) in [6.07, 6.45) is 0.354. The molecule has 0 saturated carbocycles. The summed E-state index contributed by atoms with van der Waals surface area (Å²) in [4.78, 5) is 12.2. The summed E-state index contributed by atoms with van der Waals surface area (Å²) in [5.41, 5.74) is 2.54. The Morgan fingerprint density at radius 2 is 1.89 bits per heavy atom. The van der Waals surface area contributed by atoms with Crippen molar-refractivity contribution >= 4 is 23.4 Å². The third-order valence-electron chi connectivity index (χ3n) is 4.04. The van der Waals surface area contributed by atoms with Gasteiger partial charge >= 0.3 is 0 Å². The maximum atomic E-state index is 12.2. The summed E-state index contributed by atoms with van der Waals surface area (Å²) in [7, 11) is 3.49. The van der Waals surface area contributed by atoms with E-state index >= 15 is 0 Å². The van der Waals surface area contributed by atoms with E-state index in [-0.39, 0.29) is 11.7 Å². The number of rotatable bonds is 7. The van der Waals surface area contributed by atoms with E-state index in [2.05, 4.69) is 21.6 Å². The molecule has 3 rings (SSSR count). The highest BCUT2D eigenvalue weighted by Gasteiger charge is 2.13. The molecule has 8 heteroatoms. The first kappa shape index (κ1) is 19.5. The lowest BCUT2D eigenvalue weighted by molar-refractivity contribution is -0.113. The molecule has 3 aromatic rings. The fourth-order valence-electron chi connectivity index (χ4n) is 2.56. The zero-order valence-electron chi connectivity index (χ0n) is 15.5. The van der Waals surface area contributed by atoms with E-state index < -0.39 is 0 Å². The molecule has 7 nitrogen and oxygen atoms in total. The van der Waals surface area contributed by atoms with Crippen LogP contribution in [-0.4, -0.2) is 33.5 Å². The Balaban J connectivity index is 1.59. The fraction of sp³-hybridized carbons (Fsp3) is 0.200. The quantitative estimate of drug-likeness (QED) is 0.619. The summed E-state index contributed by atoms with van der Waals surface area (Å²) in [5.74, 6) is 1.58. The van der Waals surface area contributed by atoms with Gasteiger partial charge in [0.1, 0.15) is 5.75 Å². The summed E-state index contributed by atoms with van der Waals surface area (Å²) in [6, 6.07) is 16.9. The Bertz CT molecular complexity index is 991. The number of amides is 1. The predicted molar refractivity (Wildman–Crippen MR) is 108 cm³/mol. The highest BCUT2D eigenvalue weighted by atomic mass is 32.2. The molecule has 1 amide bonds. The van der Waals surface area contributed by atoms with E-state index in [9.17, 15) is 4.79 Å². The summed E-state index contributed by atoms with van der Waals surface area (Å²) in [6.45, 7) is 0. The van der Waals surface area contributed by atoms with Crippen molar-refractivity contribution in [3.05, 3.63) is 54.1 Å². The summed E-state index contributed by atoms with van der Waals surface area (Å²) in [5, 5.41) is 20.6. The Hall–Kier alpha value is -3.31. The van der Waals surface area contributed by atoms with Crippen molar-refractivity contribution in [1.29, 1.82) is 5.26 Å². The highest BCUT2D eigenvalue weighted by Crippen LogP contribution is 2.24. The van der Waals surface area contributed by atoms with Gasteiger partial charge in [-0.25, -0.2) is 0 Å². The second-order valence-corrected chi connectivity index (χ2v) is 6.90. The topological polar surface area (TPSA) is 92.8 Å². The maximum absolute atomic E-state index is 12.2. The molecular formula is C20H19N5O2S. The lowest BCUT2D eigenvalue weighted by Crippen LogP contribution is -2.14. The van der Waals surface area contributed by atoms with Crippen LogP contribution >= 0.6 is 11.8 Å². The standard InChI is InChI=1S/C20H19N5O2S/c1-25-19(15-5-9-17(27-2)10-6-15)23-24-20(25)28-13-18(26)22-16-7-3-14(4-8-16)11-12-21/h3-10H,11,13H2,1-2H3,(H,22,26). The van der Waals surface area contributed by atoms with Gasteiger partial charge in [0.25, 0.3) is 0 Å². The largest absolute Gasteiger partial charge is 0.497 e. The summed E-state index contributed by atoms with van der Waals surface area (Å²) >= 11 is 1.32. The number of ether oxygens (including phenoxy) is 1. The number of nitrogens with one attached hydrogen (secondary N) is 1. The Morgan fingerprint density at radius 3 is 2.54 bits per heavy atom. The van der Waals surface area contributed by atoms with E-state index in [4.69, 9.17) is 10.00 Å². The van der Waals surface area contributed by atoms with Crippen LogP contribution in [-0.2, 0) is 18.3 Å². The first-order valence-electron chi connectivity index (χ1n) is 8.53. The first-order chi connectivity index (χ1) is 13.6. The third-order valence-corrected chi connectivity index (χ3v) is 5.06. The molecule has 28 heavy (non-hydrogen) atoms. The van der Waals surface area contributed by atoms with Gasteiger partial charge in [-0.05, 0) is 42.0 Å². The molecule has 0 saturated heterocycles. The van der Waals surface area contributed by atoms with E-state index in [0.717, 1.165) is 22.7 Å². The third kappa shape index (κ3) is 4.69. The average Bonchev–Trinajstić information content (AvgIpc) is 3.08. The Labute approximate surface area is 167 Å². The summed E-state index contributed by atoms with van der Waals surface area (Å²) < 4.78 is 7.02. The van der Waals surface area contributed by atoms with Crippen LogP contribution in [0, 0.1) is 11.3 Å². The van der Waals surface area contributed by atoms with Crippen LogP contribution in [0.5, 0.6) is 5.75 Å². The SMILES string of the molecule is COc1ccc(-c2nnc(SCC(=O)Nc3ccc(CC#N)cc3)n2C)cc1. The average molecular weight is 393 g/mol. The number of thioether (sulfide) groups is 1. The van der Waals surface area contributed by atoms with Gasteiger partial charge in [-0.15, -0.1) is 10.2 Å². The van der Waals surface area contributed by atoms with Gasteiger partial charge in [-0.1, -0.05) is 23.9 Å². The molecule has 0 aliphatic rings. The molecule has 0 aliphatic carbocycles. The molecule has 0 unspecified atom stereocenters. The molecule has 2 aromatic carbocycles. The number of carbonyl (C=O) groups is 1. The van der Waals surface area contributed by atoms with Crippen LogP contribution in [0.1, 0.15) is 5.56 Å². The number of nitriles is 1. The zero-order chi connectivity index (χ0) is 19.9. The number of aromatic nitrogens is 3. The first-order valence-corrected chi connectivity index (χ1v) is 9.51. The molecule has 1 heterocycles. The van der Waals surface area contributed by atoms with Crippen LogP contribution in [0.15, 0.2) is 53.7 Å². The molecule has 0 spiro atoms. The molecule has 0 bridgehead atoms. The molecule has 0 atom stereocenters. The predicted octanol–water partition coefficient (Wildman–Crippen LogP) is 3.29. The fourth-order valence-corrected chi connectivity index (χ4v) is 3.27. The lowest BCUT2D eigenvalue weighted by Gasteiger charge is -2.06. The van der Waals surface area contributed by atoms with Crippen molar-refractivity contribution in [2.45, 2.75) is 11.6 Å². The number of hydrogen-bond donors (Lipinski definition) is 1. The normalized spacial score (nSPS) is 10.3. The van der Waals surface area contributed by atoms with Gasteiger partial charge in [0.2, 0.25) is 5.91 Å². The van der Waals surface area contributed by atoms with Crippen molar-refractivity contribution in [1.82, 2.24) is 14.8 Å². The van der Waals surface area contributed by atoms with Gasteiger partial charge in [0.15, 0.2) is 11.0 Å². The van der Waals surface area contributed by atoms with Gasteiger partial charge in [0.05, 0.1) is 25.4 Å². The molecule has 142 valence electrons. The number of methoxy groups -OCH3 is 1. The number of hydrogen-bond acceptors (Lipinski definition) is 6. The van der Waals surface area contributed by atoms with Gasteiger partial charge < -0.3 is 14.6 Å². The minimum atomic E-state index is -0.132. The van der Waals surface area contributed by atoms with E-state index in [0.29, 0.717) is 17.3 Å². The van der Waals surface area contributed by atoms with Crippen LogP contribution in [0.2, 0.25) is 0 Å². The molecular weight excluding hydrogens is 374 g/mol. The highest BCUT2D eigenvalue weighted by molar-refractivity contribution is 7.99. The van der Waals surface area contributed by atoms with E-state index in [1.807, 2.05) is 48.0 Å². The Morgan fingerprint density at radius 1 is 1.18 bits per heavy atom. The van der Waals surface area contributed by atoms with Crippen molar-refractivity contribution in [2.75, 3.05) is 18.2 Å². The van der Waals surface area contributed by atoms with Gasteiger partial charge in [-0.3, -0.25) is 4.79 Å². The monoisotopic (exact) mass is 393 g/mol. The van der Waals surface area contributed by atoms with E-state index in [1.54, 1.807) is 19.2 Å². The van der Waals surface area contributed by atoms with Crippen molar-refractivity contribution in [3.8, 4) is 23.2 Å². The second kappa shape index (κ2) is 9.06. The lowest BCUT2D eigenvalue weighted by atomic mass is 10.1. The molecule has 0 fully saturated rings. The smallest absolute Gasteiger partial charge is 0.234 e. The van der Waals surface area contributed by atoms with Crippen LogP contribution in [0.4, 0.5) is 5.69 Å².